The van der Waals surface area contributed by atoms with Crippen LogP contribution in [-0.2, 0) is 4.79 Å². The second-order valence-electron chi connectivity index (χ2n) is 5.84. The van der Waals surface area contributed by atoms with E-state index in [9.17, 15) is 9.90 Å². The van der Waals surface area contributed by atoms with Crippen LogP contribution in [0.3, 0.4) is 0 Å². The lowest BCUT2D eigenvalue weighted by molar-refractivity contribution is -0.150. The molecule has 1 aromatic rings. The summed E-state index contributed by atoms with van der Waals surface area (Å²) in [5.41, 5.74) is 0.476. The summed E-state index contributed by atoms with van der Waals surface area (Å²) in [6.07, 6.45) is 5.29. The van der Waals surface area contributed by atoms with Crippen molar-refractivity contribution in [1.29, 1.82) is 0 Å². The first-order chi connectivity index (χ1) is 9.02. The van der Waals surface area contributed by atoms with Crippen molar-refractivity contribution in [2.24, 2.45) is 11.3 Å². The van der Waals surface area contributed by atoms with Crippen LogP contribution in [0.1, 0.15) is 38.2 Å². The number of aryl methyl sites for hydroxylation is 1. The summed E-state index contributed by atoms with van der Waals surface area (Å²) in [6, 6.07) is 3.88. The minimum absolute atomic E-state index is 0.463. The molecule has 2 rings (SSSR count). The number of rotatable bonds is 4. The van der Waals surface area contributed by atoms with Gasteiger partial charge in [0, 0.05) is 12.7 Å². The van der Waals surface area contributed by atoms with Gasteiger partial charge in [-0.15, -0.1) is 0 Å². The van der Waals surface area contributed by atoms with E-state index < -0.39 is 11.4 Å². The van der Waals surface area contributed by atoms with Crippen molar-refractivity contribution in [2.45, 2.75) is 39.5 Å². The number of aromatic nitrogens is 1. The summed E-state index contributed by atoms with van der Waals surface area (Å²) >= 11 is 0. The predicted octanol–water partition coefficient (Wildman–Crippen LogP) is 3.08. The maximum absolute atomic E-state index is 11.6. The summed E-state index contributed by atoms with van der Waals surface area (Å²) in [5, 5.41) is 12.7. The van der Waals surface area contributed by atoms with Gasteiger partial charge in [0.2, 0.25) is 0 Å². The van der Waals surface area contributed by atoms with Crippen LogP contribution in [0.15, 0.2) is 18.3 Å². The molecular formula is C15H22N2O2. The van der Waals surface area contributed by atoms with Gasteiger partial charge in [0.1, 0.15) is 5.82 Å². The SMILES string of the molecule is Cc1ccc(NCC2(C(=O)O)CCC(C)CC2)nc1. The van der Waals surface area contributed by atoms with Gasteiger partial charge >= 0.3 is 5.97 Å². The van der Waals surface area contributed by atoms with Gasteiger partial charge in [-0.1, -0.05) is 13.0 Å². The Bertz CT molecular complexity index is 434. The summed E-state index contributed by atoms with van der Waals surface area (Å²) in [4.78, 5) is 15.9. The average Bonchev–Trinajstić information content (AvgIpc) is 2.40. The molecule has 0 unspecified atom stereocenters. The zero-order valence-electron chi connectivity index (χ0n) is 11.6. The molecule has 1 aliphatic rings. The average molecular weight is 262 g/mol. The number of anilines is 1. The number of nitrogens with zero attached hydrogens (tertiary/aromatic N) is 1. The quantitative estimate of drug-likeness (QED) is 0.875. The molecule has 4 nitrogen and oxygen atoms in total. The summed E-state index contributed by atoms with van der Waals surface area (Å²) in [6.45, 7) is 4.64. The number of carbonyl (C=O) groups is 1. The van der Waals surface area contributed by atoms with Crippen molar-refractivity contribution in [1.82, 2.24) is 4.98 Å². The molecule has 1 fully saturated rings. The topological polar surface area (TPSA) is 62.2 Å². The van der Waals surface area contributed by atoms with E-state index in [4.69, 9.17) is 0 Å². The van der Waals surface area contributed by atoms with Crippen LogP contribution in [0.25, 0.3) is 0 Å². The standard InChI is InChI=1S/C15H22N2O2/c1-11-5-7-15(8-6-11,14(18)19)10-17-13-4-3-12(2)9-16-13/h3-4,9,11H,5-8,10H2,1-2H3,(H,16,17)(H,18,19). The highest BCUT2D eigenvalue weighted by Crippen LogP contribution is 2.39. The summed E-state index contributed by atoms with van der Waals surface area (Å²) in [7, 11) is 0. The van der Waals surface area contributed by atoms with Gasteiger partial charge < -0.3 is 10.4 Å². The highest BCUT2D eigenvalue weighted by molar-refractivity contribution is 5.75. The Kier molecular flexibility index (Phi) is 4.08. The van der Waals surface area contributed by atoms with Crippen LogP contribution in [0, 0.1) is 18.3 Å². The van der Waals surface area contributed by atoms with Crippen LogP contribution >= 0.6 is 0 Å². The van der Waals surface area contributed by atoms with Crippen molar-refractivity contribution < 1.29 is 9.90 Å². The van der Waals surface area contributed by atoms with E-state index in [0.29, 0.717) is 12.5 Å². The molecule has 0 bridgehead atoms. The number of carboxylic acids is 1. The number of carboxylic acid groups (broad SMARTS) is 1. The first-order valence-corrected chi connectivity index (χ1v) is 6.92. The van der Waals surface area contributed by atoms with Crippen molar-refractivity contribution in [3.8, 4) is 0 Å². The van der Waals surface area contributed by atoms with Gasteiger partial charge in [-0.05, 0) is 50.2 Å². The summed E-state index contributed by atoms with van der Waals surface area (Å²) in [5.74, 6) is 0.717. The van der Waals surface area contributed by atoms with E-state index >= 15 is 0 Å². The van der Waals surface area contributed by atoms with Gasteiger partial charge in [0.15, 0.2) is 0 Å². The molecule has 4 heteroatoms. The number of hydrogen-bond acceptors (Lipinski definition) is 3. The van der Waals surface area contributed by atoms with E-state index in [-0.39, 0.29) is 0 Å². The molecule has 2 N–H and O–H groups in total. The molecule has 1 heterocycles. The minimum atomic E-state index is -0.681. The van der Waals surface area contributed by atoms with Crippen molar-refractivity contribution in [3.05, 3.63) is 23.9 Å². The molecule has 0 spiro atoms. The van der Waals surface area contributed by atoms with E-state index in [1.165, 1.54) is 0 Å². The van der Waals surface area contributed by atoms with Crippen molar-refractivity contribution in [3.63, 3.8) is 0 Å². The monoisotopic (exact) mass is 262 g/mol. The number of nitrogens with one attached hydrogen (secondary N) is 1. The Labute approximate surface area is 114 Å². The maximum Gasteiger partial charge on any atom is 0.311 e. The fraction of sp³-hybridized carbons (Fsp3) is 0.600. The second-order valence-corrected chi connectivity index (χ2v) is 5.84. The van der Waals surface area contributed by atoms with Gasteiger partial charge in [0.05, 0.1) is 5.41 Å². The smallest absolute Gasteiger partial charge is 0.311 e. The fourth-order valence-corrected chi connectivity index (χ4v) is 2.61. The predicted molar refractivity (Wildman–Crippen MR) is 75.2 cm³/mol. The van der Waals surface area contributed by atoms with Crippen LogP contribution in [0.5, 0.6) is 0 Å². The molecule has 0 aromatic carbocycles. The van der Waals surface area contributed by atoms with Gasteiger partial charge in [-0.2, -0.15) is 0 Å². The van der Waals surface area contributed by atoms with Crippen LogP contribution < -0.4 is 5.32 Å². The van der Waals surface area contributed by atoms with Crippen LogP contribution in [0.2, 0.25) is 0 Å². The van der Waals surface area contributed by atoms with Crippen LogP contribution in [-0.4, -0.2) is 22.6 Å². The van der Waals surface area contributed by atoms with Gasteiger partial charge in [0.25, 0.3) is 0 Å². The highest BCUT2D eigenvalue weighted by Gasteiger charge is 2.41. The first kappa shape index (κ1) is 13.8. The van der Waals surface area contributed by atoms with Crippen molar-refractivity contribution >= 4 is 11.8 Å². The molecule has 1 saturated carbocycles. The number of pyridine rings is 1. The third kappa shape index (κ3) is 3.25. The molecule has 19 heavy (non-hydrogen) atoms. The second kappa shape index (κ2) is 5.59. The Morgan fingerprint density at radius 1 is 1.47 bits per heavy atom. The third-order valence-corrected chi connectivity index (χ3v) is 4.20. The molecule has 0 radical (unpaired) electrons. The Balaban J connectivity index is 2.01. The molecule has 1 aliphatic carbocycles. The molecule has 1 aromatic heterocycles. The lowest BCUT2D eigenvalue weighted by Gasteiger charge is -2.36. The first-order valence-electron chi connectivity index (χ1n) is 6.92. The molecule has 0 saturated heterocycles. The highest BCUT2D eigenvalue weighted by atomic mass is 16.4. The fourth-order valence-electron chi connectivity index (χ4n) is 2.61. The normalized spacial score (nSPS) is 26.9. The van der Waals surface area contributed by atoms with E-state index in [2.05, 4.69) is 17.2 Å². The lowest BCUT2D eigenvalue weighted by Crippen LogP contribution is -2.41. The Hall–Kier alpha value is -1.58. The van der Waals surface area contributed by atoms with Crippen molar-refractivity contribution in [2.75, 3.05) is 11.9 Å². The Morgan fingerprint density at radius 2 is 2.16 bits per heavy atom. The Morgan fingerprint density at radius 3 is 2.68 bits per heavy atom. The maximum atomic E-state index is 11.6. The zero-order chi connectivity index (χ0) is 13.9. The number of aliphatic carboxylic acids is 1. The molecule has 104 valence electrons. The van der Waals surface area contributed by atoms with Crippen LogP contribution in [0.4, 0.5) is 5.82 Å². The minimum Gasteiger partial charge on any atom is -0.481 e. The molecule has 0 atom stereocenters. The lowest BCUT2D eigenvalue weighted by atomic mass is 9.71. The van der Waals surface area contributed by atoms with E-state index in [1.54, 1.807) is 6.20 Å². The van der Waals surface area contributed by atoms with E-state index in [0.717, 1.165) is 37.1 Å². The van der Waals surface area contributed by atoms with E-state index in [1.807, 2.05) is 19.1 Å². The largest absolute Gasteiger partial charge is 0.481 e. The molecule has 0 amide bonds. The molecular weight excluding hydrogens is 240 g/mol. The van der Waals surface area contributed by atoms with Gasteiger partial charge in [-0.25, -0.2) is 4.98 Å². The van der Waals surface area contributed by atoms with Gasteiger partial charge in [-0.3, -0.25) is 4.79 Å². The third-order valence-electron chi connectivity index (χ3n) is 4.20. The summed E-state index contributed by atoms with van der Waals surface area (Å²) < 4.78 is 0. The zero-order valence-corrected chi connectivity index (χ0v) is 11.6. The molecule has 0 aliphatic heterocycles. The number of hydrogen-bond donors (Lipinski definition) is 2.